The van der Waals surface area contributed by atoms with Gasteiger partial charge in [0.05, 0.1) is 18.3 Å². The minimum Gasteiger partial charge on any atom is -0.464 e. The first-order chi connectivity index (χ1) is 21.5. The molecule has 3 N–H and O–H groups in total. The van der Waals surface area contributed by atoms with Crippen LogP contribution in [0.2, 0.25) is 0 Å². The van der Waals surface area contributed by atoms with Crippen LogP contribution in [-0.4, -0.2) is 70.4 Å². The summed E-state index contributed by atoms with van der Waals surface area (Å²) in [5, 5.41) is 12.9. The zero-order valence-corrected chi connectivity index (χ0v) is 25.4. The molecule has 4 aromatic rings. The van der Waals surface area contributed by atoms with Crippen LogP contribution in [0.5, 0.6) is 0 Å². The van der Waals surface area contributed by atoms with Gasteiger partial charge in [0, 0.05) is 35.8 Å². The van der Waals surface area contributed by atoms with Crippen LogP contribution in [0.3, 0.4) is 0 Å². The first-order valence-corrected chi connectivity index (χ1v) is 14.4. The second-order valence-electron chi connectivity index (χ2n) is 11.1. The number of anilines is 1. The number of aromatic nitrogens is 3. The van der Waals surface area contributed by atoms with Gasteiger partial charge in [0.2, 0.25) is 0 Å². The first-order valence-electron chi connectivity index (χ1n) is 14.4. The fourth-order valence-electron chi connectivity index (χ4n) is 4.22. The van der Waals surface area contributed by atoms with Crippen LogP contribution in [-0.2, 0) is 19.1 Å². The van der Waals surface area contributed by atoms with Crippen molar-refractivity contribution in [3.05, 3.63) is 96.8 Å². The number of amides is 3. The lowest BCUT2D eigenvalue weighted by molar-refractivity contribution is -0.147. The van der Waals surface area contributed by atoms with Crippen LogP contribution in [0, 0.1) is 0 Å². The molecule has 4 rings (SSSR count). The molecule has 0 aliphatic carbocycles. The lowest BCUT2D eigenvalue weighted by Crippen LogP contribution is -2.49. The van der Waals surface area contributed by atoms with E-state index in [2.05, 4.69) is 32.4 Å². The number of H-pyrrole nitrogens is 1. The number of esters is 1. The fraction of sp³-hybridized carbons (Fsp3) is 0.273. The van der Waals surface area contributed by atoms with Crippen LogP contribution in [0.25, 0.3) is 16.5 Å². The zero-order valence-electron chi connectivity index (χ0n) is 25.4. The highest BCUT2D eigenvalue weighted by Gasteiger charge is 2.27. The Kier molecular flexibility index (Phi) is 10.6. The normalized spacial score (nSPS) is 11.7. The maximum atomic E-state index is 13.2. The van der Waals surface area contributed by atoms with Gasteiger partial charge in [0.1, 0.15) is 17.5 Å². The van der Waals surface area contributed by atoms with Crippen molar-refractivity contribution in [1.29, 1.82) is 0 Å². The third kappa shape index (κ3) is 9.23. The molecule has 0 aliphatic heterocycles. The fourth-order valence-corrected chi connectivity index (χ4v) is 4.22. The van der Waals surface area contributed by atoms with Gasteiger partial charge < -0.3 is 20.1 Å². The van der Waals surface area contributed by atoms with Gasteiger partial charge in [-0.25, -0.2) is 14.6 Å². The molecule has 2 heterocycles. The van der Waals surface area contributed by atoms with E-state index in [1.807, 2.05) is 6.07 Å². The lowest BCUT2D eigenvalue weighted by atomic mass is 10.1. The molecule has 2 aromatic carbocycles. The smallest absolute Gasteiger partial charge is 0.416 e. The summed E-state index contributed by atoms with van der Waals surface area (Å²) in [5.74, 6) is -1.42. The summed E-state index contributed by atoms with van der Waals surface area (Å²) in [7, 11) is 0. The maximum absolute atomic E-state index is 13.2. The second-order valence-corrected chi connectivity index (χ2v) is 11.1. The van der Waals surface area contributed by atoms with E-state index >= 15 is 0 Å². The van der Waals surface area contributed by atoms with Crippen molar-refractivity contribution in [2.45, 2.75) is 38.8 Å². The van der Waals surface area contributed by atoms with Gasteiger partial charge in [-0.15, -0.1) is 0 Å². The molecule has 12 heteroatoms. The van der Waals surface area contributed by atoms with Crippen molar-refractivity contribution in [3.63, 3.8) is 0 Å². The Hall–Kier alpha value is -5.52. The van der Waals surface area contributed by atoms with Gasteiger partial charge in [-0.05, 0) is 63.1 Å². The second kappa shape index (κ2) is 14.8. The summed E-state index contributed by atoms with van der Waals surface area (Å²) in [4.78, 5) is 57.7. The molecule has 0 unspecified atom stereocenters. The van der Waals surface area contributed by atoms with Gasteiger partial charge in [-0.2, -0.15) is 5.10 Å². The van der Waals surface area contributed by atoms with E-state index in [4.69, 9.17) is 9.47 Å². The van der Waals surface area contributed by atoms with E-state index < -0.39 is 35.5 Å². The molecule has 0 spiro atoms. The van der Waals surface area contributed by atoms with Gasteiger partial charge in [0.15, 0.2) is 0 Å². The molecule has 0 aliphatic rings. The third-order valence-corrected chi connectivity index (χ3v) is 6.47. The molecular formula is C33H36N6O6. The Morgan fingerprint density at radius 1 is 1.00 bits per heavy atom. The SMILES string of the molecule is C=C(C(=O)N[C@@H](CNC(=O)c1ccc2[nH]ncc2c1)C(=O)OCCCN(C(=O)OC(C)(C)C)c1ccccn1)c1ccccc1. The summed E-state index contributed by atoms with van der Waals surface area (Å²) < 4.78 is 11.0. The van der Waals surface area contributed by atoms with Crippen LogP contribution < -0.4 is 15.5 Å². The Morgan fingerprint density at radius 2 is 1.76 bits per heavy atom. The number of fused-ring (bicyclic) bond motifs is 1. The average Bonchev–Trinajstić information content (AvgIpc) is 3.50. The van der Waals surface area contributed by atoms with Gasteiger partial charge in [0.25, 0.3) is 11.8 Å². The van der Waals surface area contributed by atoms with E-state index in [-0.39, 0.29) is 31.7 Å². The minimum absolute atomic E-state index is 0.0813. The number of rotatable bonds is 12. The Bertz CT molecular complexity index is 1650. The summed E-state index contributed by atoms with van der Waals surface area (Å²) in [6.07, 6.45) is 2.81. The number of aromatic amines is 1. The van der Waals surface area contributed by atoms with Crippen LogP contribution in [0.1, 0.15) is 43.1 Å². The number of carbonyl (C=O) groups excluding carboxylic acids is 4. The molecule has 1 atom stereocenters. The molecule has 0 radical (unpaired) electrons. The van der Waals surface area contributed by atoms with Crippen molar-refractivity contribution in [2.24, 2.45) is 0 Å². The summed E-state index contributed by atoms with van der Waals surface area (Å²) >= 11 is 0. The summed E-state index contributed by atoms with van der Waals surface area (Å²) in [6, 6.07) is 17.7. The molecule has 2 aromatic heterocycles. The van der Waals surface area contributed by atoms with E-state index in [0.29, 0.717) is 16.9 Å². The number of hydrogen-bond acceptors (Lipinski definition) is 8. The molecule has 45 heavy (non-hydrogen) atoms. The number of nitrogens with one attached hydrogen (secondary N) is 3. The van der Waals surface area contributed by atoms with E-state index in [0.717, 1.165) is 10.9 Å². The third-order valence-electron chi connectivity index (χ3n) is 6.47. The molecule has 12 nitrogen and oxygen atoms in total. The Labute approximate surface area is 260 Å². The van der Waals surface area contributed by atoms with Crippen LogP contribution in [0.15, 0.2) is 85.7 Å². The maximum Gasteiger partial charge on any atom is 0.416 e. The van der Waals surface area contributed by atoms with E-state index in [1.165, 1.54) is 4.90 Å². The number of hydrogen-bond donors (Lipinski definition) is 3. The van der Waals surface area contributed by atoms with Gasteiger partial charge >= 0.3 is 12.1 Å². The Balaban J connectivity index is 1.40. The summed E-state index contributed by atoms with van der Waals surface area (Å²) in [6.45, 7) is 8.96. The molecule has 234 valence electrons. The molecule has 0 bridgehead atoms. The number of nitrogens with zero attached hydrogens (tertiary/aromatic N) is 3. The molecule has 0 saturated carbocycles. The highest BCUT2D eigenvalue weighted by molar-refractivity contribution is 6.19. The molecule has 0 fully saturated rings. The average molecular weight is 613 g/mol. The highest BCUT2D eigenvalue weighted by atomic mass is 16.6. The van der Waals surface area contributed by atoms with Crippen molar-refractivity contribution < 1.29 is 28.7 Å². The molecular weight excluding hydrogens is 576 g/mol. The van der Waals surface area contributed by atoms with Crippen molar-refractivity contribution in [1.82, 2.24) is 25.8 Å². The van der Waals surface area contributed by atoms with Crippen molar-refractivity contribution in [2.75, 3.05) is 24.6 Å². The Morgan fingerprint density at radius 3 is 2.47 bits per heavy atom. The van der Waals surface area contributed by atoms with Crippen LogP contribution in [0.4, 0.5) is 10.6 Å². The molecule has 3 amide bonds. The predicted molar refractivity (Wildman–Crippen MR) is 169 cm³/mol. The van der Waals surface area contributed by atoms with E-state index in [9.17, 15) is 19.2 Å². The number of ether oxygens (including phenoxy) is 2. The highest BCUT2D eigenvalue weighted by Crippen LogP contribution is 2.17. The predicted octanol–water partition coefficient (Wildman–Crippen LogP) is 4.26. The van der Waals surface area contributed by atoms with Crippen molar-refractivity contribution >= 4 is 46.2 Å². The minimum atomic E-state index is -1.22. The summed E-state index contributed by atoms with van der Waals surface area (Å²) in [5.41, 5.74) is 1.13. The zero-order chi connectivity index (χ0) is 32.4. The lowest BCUT2D eigenvalue weighted by Gasteiger charge is -2.26. The number of carbonyl (C=O) groups is 4. The molecule has 0 saturated heterocycles. The van der Waals surface area contributed by atoms with Crippen molar-refractivity contribution in [3.8, 4) is 0 Å². The largest absolute Gasteiger partial charge is 0.464 e. The van der Waals surface area contributed by atoms with Crippen LogP contribution >= 0.6 is 0 Å². The van der Waals surface area contributed by atoms with Gasteiger partial charge in [-0.1, -0.05) is 43.0 Å². The quantitative estimate of drug-likeness (QED) is 0.122. The van der Waals surface area contributed by atoms with E-state index in [1.54, 1.807) is 93.8 Å². The van der Waals surface area contributed by atoms with Gasteiger partial charge in [-0.3, -0.25) is 19.6 Å². The number of benzene rings is 2. The standard InChI is InChI=1S/C33H36N6O6/c1-22(23-11-6-5-7-12-23)29(40)37-27(21-35-30(41)24-14-15-26-25(19-24)20-36-38-26)31(42)44-18-10-17-39(28-13-8-9-16-34-28)32(43)45-33(2,3)4/h5-9,11-16,19-20,27H,1,10,17-18,21H2,2-4H3,(H,35,41)(H,36,38)(H,37,40)/t27-/m0/s1. The monoisotopic (exact) mass is 612 g/mol. The topological polar surface area (TPSA) is 156 Å². The number of pyridine rings is 1. The first kappa shape index (κ1) is 32.4.